The van der Waals surface area contributed by atoms with E-state index >= 15 is 0 Å². The van der Waals surface area contributed by atoms with Gasteiger partial charge in [0.2, 0.25) is 5.91 Å². The monoisotopic (exact) mass is 388 g/mol. The topological polar surface area (TPSA) is 64.4 Å². The van der Waals surface area contributed by atoms with E-state index in [9.17, 15) is 18.0 Å². The average Bonchev–Trinajstić information content (AvgIpc) is 2.56. The van der Waals surface area contributed by atoms with Crippen LogP contribution in [0, 0.1) is 0 Å². The minimum absolute atomic E-state index is 0. The third-order valence-corrected chi connectivity index (χ3v) is 3.53. The fraction of sp³-hybridized carbons (Fsp3) is 0.278. The van der Waals surface area contributed by atoms with Crippen LogP contribution < -0.4 is 15.8 Å². The van der Waals surface area contributed by atoms with Crippen molar-refractivity contribution in [2.24, 2.45) is 5.73 Å². The molecular formula is C18H20ClF3N2O2. The van der Waals surface area contributed by atoms with Crippen molar-refractivity contribution < 1.29 is 22.7 Å². The smallest absolute Gasteiger partial charge is 0.406 e. The molecule has 2 aromatic carbocycles. The molecule has 0 aromatic heterocycles. The molecule has 0 aliphatic rings. The third kappa shape index (κ3) is 7.76. The second kappa shape index (κ2) is 10.0. The van der Waals surface area contributed by atoms with Gasteiger partial charge >= 0.3 is 6.36 Å². The molecule has 0 aliphatic heterocycles. The summed E-state index contributed by atoms with van der Waals surface area (Å²) in [5.74, 6) is -0.442. The van der Waals surface area contributed by atoms with Crippen molar-refractivity contribution in [3.05, 3.63) is 65.7 Å². The van der Waals surface area contributed by atoms with Gasteiger partial charge in [-0.25, -0.2) is 0 Å². The molecule has 0 bridgehead atoms. The van der Waals surface area contributed by atoms with Crippen LogP contribution in [0.4, 0.5) is 13.2 Å². The van der Waals surface area contributed by atoms with E-state index in [0.29, 0.717) is 13.0 Å². The van der Waals surface area contributed by atoms with Gasteiger partial charge < -0.3 is 15.8 Å². The molecule has 8 heteroatoms. The Morgan fingerprint density at radius 1 is 1.08 bits per heavy atom. The molecule has 142 valence electrons. The van der Waals surface area contributed by atoms with E-state index in [1.165, 1.54) is 24.3 Å². The van der Waals surface area contributed by atoms with Crippen molar-refractivity contribution in [3.8, 4) is 5.75 Å². The van der Waals surface area contributed by atoms with Gasteiger partial charge in [-0.2, -0.15) is 0 Å². The predicted molar refractivity (Wildman–Crippen MR) is 95.1 cm³/mol. The molecule has 0 fully saturated rings. The number of rotatable bonds is 7. The minimum Gasteiger partial charge on any atom is -0.406 e. The van der Waals surface area contributed by atoms with E-state index < -0.39 is 6.36 Å². The van der Waals surface area contributed by atoms with Crippen molar-refractivity contribution in [1.29, 1.82) is 0 Å². The Bertz CT molecular complexity index is 679. The molecule has 0 saturated carbocycles. The van der Waals surface area contributed by atoms with Crippen LogP contribution in [0.5, 0.6) is 5.75 Å². The Kier molecular flexibility index (Phi) is 8.41. The first-order chi connectivity index (χ1) is 11.8. The van der Waals surface area contributed by atoms with Gasteiger partial charge in [-0.05, 0) is 29.7 Å². The van der Waals surface area contributed by atoms with E-state index in [1.807, 2.05) is 30.3 Å². The van der Waals surface area contributed by atoms with Crippen molar-refractivity contribution in [2.75, 3.05) is 6.54 Å². The number of hydrogen-bond donors (Lipinski definition) is 2. The molecule has 3 N–H and O–H groups in total. The largest absolute Gasteiger partial charge is 0.573 e. The van der Waals surface area contributed by atoms with Crippen LogP contribution in [0.2, 0.25) is 0 Å². The fourth-order valence-corrected chi connectivity index (χ4v) is 2.29. The summed E-state index contributed by atoms with van der Waals surface area (Å²) in [5.41, 5.74) is 7.66. The summed E-state index contributed by atoms with van der Waals surface area (Å²) in [6.07, 6.45) is -4.03. The van der Waals surface area contributed by atoms with Gasteiger partial charge in [0, 0.05) is 19.0 Å². The normalized spacial score (nSPS) is 12.0. The van der Waals surface area contributed by atoms with Gasteiger partial charge in [-0.15, -0.1) is 25.6 Å². The summed E-state index contributed by atoms with van der Waals surface area (Å²) < 4.78 is 40.0. The first-order valence-corrected chi connectivity index (χ1v) is 7.75. The Morgan fingerprint density at radius 3 is 2.27 bits per heavy atom. The molecule has 4 nitrogen and oxygen atoms in total. The molecule has 2 aromatic rings. The number of carbonyl (C=O) groups excluding carboxylic acids is 1. The van der Waals surface area contributed by atoms with Crippen molar-refractivity contribution in [3.63, 3.8) is 0 Å². The maximum absolute atomic E-state index is 12.1. The van der Waals surface area contributed by atoms with Gasteiger partial charge in [-0.1, -0.05) is 42.5 Å². The maximum atomic E-state index is 12.1. The van der Waals surface area contributed by atoms with Crippen LogP contribution in [0.3, 0.4) is 0 Å². The number of hydrogen-bond acceptors (Lipinski definition) is 3. The third-order valence-electron chi connectivity index (χ3n) is 3.53. The second-order valence-electron chi connectivity index (χ2n) is 5.51. The van der Waals surface area contributed by atoms with Gasteiger partial charge in [0.05, 0.1) is 0 Å². The first-order valence-electron chi connectivity index (χ1n) is 7.75. The molecule has 1 unspecified atom stereocenters. The van der Waals surface area contributed by atoms with Gasteiger partial charge in [0.25, 0.3) is 0 Å². The highest BCUT2D eigenvalue weighted by molar-refractivity contribution is 5.85. The first kappa shape index (κ1) is 21.8. The van der Waals surface area contributed by atoms with E-state index in [2.05, 4.69) is 10.1 Å². The van der Waals surface area contributed by atoms with Gasteiger partial charge in [-0.3, -0.25) is 4.79 Å². The lowest BCUT2D eigenvalue weighted by Crippen LogP contribution is -2.29. The number of alkyl halides is 3. The lowest BCUT2D eigenvalue weighted by Gasteiger charge is -2.12. The number of amides is 1. The highest BCUT2D eigenvalue weighted by Crippen LogP contribution is 2.22. The number of nitrogens with one attached hydrogen (secondary N) is 1. The van der Waals surface area contributed by atoms with E-state index in [-0.39, 0.29) is 36.5 Å². The number of halogens is 4. The standard InChI is InChI=1S/C18H19F3N2O2.ClH/c19-18(20,21)25-15-8-6-13(7-9-15)10-11-23-17(24)12-16(22)14-4-2-1-3-5-14;/h1-9,16H,10-12,22H2,(H,23,24);1H. The quantitative estimate of drug-likeness (QED) is 0.759. The predicted octanol–water partition coefficient (Wildman–Crippen LogP) is 3.76. The zero-order valence-electron chi connectivity index (χ0n) is 13.8. The van der Waals surface area contributed by atoms with Crippen LogP contribution in [-0.2, 0) is 11.2 Å². The lowest BCUT2D eigenvalue weighted by atomic mass is 10.0. The zero-order chi connectivity index (χ0) is 18.3. The Morgan fingerprint density at radius 2 is 1.69 bits per heavy atom. The Hall–Kier alpha value is -2.25. The fourth-order valence-electron chi connectivity index (χ4n) is 2.29. The molecule has 0 spiro atoms. The van der Waals surface area contributed by atoms with E-state index in [1.54, 1.807) is 0 Å². The minimum atomic E-state index is -4.70. The summed E-state index contributed by atoms with van der Waals surface area (Å²) in [6.45, 7) is 0.375. The Labute approximate surface area is 155 Å². The summed E-state index contributed by atoms with van der Waals surface area (Å²) in [7, 11) is 0. The van der Waals surface area contributed by atoms with Crippen molar-refractivity contribution in [2.45, 2.75) is 25.2 Å². The SMILES string of the molecule is Cl.NC(CC(=O)NCCc1ccc(OC(F)(F)F)cc1)c1ccccc1. The second-order valence-corrected chi connectivity index (χ2v) is 5.51. The average molecular weight is 389 g/mol. The molecule has 0 radical (unpaired) electrons. The molecular weight excluding hydrogens is 369 g/mol. The molecule has 1 atom stereocenters. The van der Waals surface area contributed by atoms with Crippen LogP contribution in [0.1, 0.15) is 23.6 Å². The van der Waals surface area contributed by atoms with Crippen molar-refractivity contribution in [1.82, 2.24) is 5.32 Å². The molecule has 0 aliphatic carbocycles. The molecule has 0 heterocycles. The van der Waals surface area contributed by atoms with E-state index in [0.717, 1.165) is 11.1 Å². The van der Waals surface area contributed by atoms with Gasteiger partial charge in [0.1, 0.15) is 5.75 Å². The van der Waals surface area contributed by atoms with Crippen LogP contribution in [-0.4, -0.2) is 18.8 Å². The number of ether oxygens (including phenoxy) is 1. The molecule has 2 rings (SSSR count). The maximum Gasteiger partial charge on any atom is 0.573 e. The number of carbonyl (C=O) groups is 1. The number of nitrogens with two attached hydrogens (primary N) is 1. The molecule has 1 amide bonds. The highest BCUT2D eigenvalue weighted by Gasteiger charge is 2.30. The zero-order valence-corrected chi connectivity index (χ0v) is 14.6. The Balaban J connectivity index is 0.00000338. The summed E-state index contributed by atoms with van der Waals surface area (Å²) in [4.78, 5) is 11.9. The summed E-state index contributed by atoms with van der Waals surface area (Å²) in [6, 6.07) is 14.5. The highest BCUT2D eigenvalue weighted by atomic mass is 35.5. The number of benzene rings is 2. The van der Waals surface area contributed by atoms with Crippen LogP contribution in [0.15, 0.2) is 54.6 Å². The summed E-state index contributed by atoms with van der Waals surface area (Å²) >= 11 is 0. The summed E-state index contributed by atoms with van der Waals surface area (Å²) in [5, 5.41) is 2.75. The molecule has 26 heavy (non-hydrogen) atoms. The lowest BCUT2D eigenvalue weighted by molar-refractivity contribution is -0.274. The molecule has 0 saturated heterocycles. The van der Waals surface area contributed by atoms with Gasteiger partial charge in [0.15, 0.2) is 0 Å². The van der Waals surface area contributed by atoms with Crippen LogP contribution >= 0.6 is 12.4 Å². The van der Waals surface area contributed by atoms with Crippen LogP contribution in [0.25, 0.3) is 0 Å². The van der Waals surface area contributed by atoms with E-state index in [4.69, 9.17) is 5.73 Å². The van der Waals surface area contributed by atoms with Crippen molar-refractivity contribution >= 4 is 18.3 Å².